The molecule has 0 spiro atoms. The van der Waals surface area contributed by atoms with Gasteiger partial charge in [0.15, 0.2) is 0 Å². The zero-order chi connectivity index (χ0) is 17.3. The van der Waals surface area contributed by atoms with Gasteiger partial charge in [-0.1, -0.05) is 0 Å². The number of aromatic carboxylic acids is 1. The molecule has 7 nitrogen and oxygen atoms in total. The van der Waals surface area contributed by atoms with E-state index in [9.17, 15) is 18.3 Å². The van der Waals surface area contributed by atoms with E-state index in [2.05, 4.69) is 10.0 Å². The molecule has 0 aliphatic carbocycles. The van der Waals surface area contributed by atoms with Crippen molar-refractivity contribution in [2.45, 2.75) is 30.5 Å². The normalized spacial score (nSPS) is 14.5. The maximum Gasteiger partial charge on any atom is 0.338 e. The smallest absolute Gasteiger partial charge is 0.338 e. The van der Waals surface area contributed by atoms with Gasteiger partial charge >= 0.3 is 5.97 Å². The number of rotatable bonds is 6. The number of furan rings is 1. The molecule has 0 amide bonds. The van der Waals surface area contributed by atoms with Crippen molar-refractivity contribution < 1.29 is 22.7 Å². The summed E-state index contributed by atoms with van der Waals surface area (Å²) in [5.41, 5.74) is 0.547. The summed E-state index contributed by atoms with van der Waals surface area (Å²) < 4.78 is 32.9. The summed E-state index contributed by atoms with van der Waals surface area (Å²) >= 11 is 1.03. The second-order valence-corrected chi connectivity index (χ2v) is 8.63. The molecule has 0 saturated carbocycles. The number of carbonyl (C=O) groups is 1. The molecule has 0 fully saturated rings. The van der Waals surface area contributed by atoms with Crippen LogP contribution in [0.1, 0.15) is 32.3 Å². The van der Waals surface area contributed by atoms with Gasteiger partial charge in [0, 0.05) is 24.4 Å². The van der Waals surface area contributed by atoms with Crippen molar-refractivity contribution in [3.8, 4) is 0 Å². The monoisotopic (exact) mass is 370 g/mol. The minimum atomic E-state index is -3.88. The maximum absolute atomic E-state index is 12.6. The first-order valence-electron chi connectivity index (χ1n) is 7.52. The van der Waals surface area contributed by atoms with Gasteiger partial charge in [-0.05, 0) is 37.6 Å². The molecule has 3 N–H and O–H groups in total. The van der Waals surface area contributed by atoms with Crippen LogP contribution in [0.2, 0.25) is 0 Å². The quantitative estimate of drug-likeness (QED) is 0.711. The topological polar surface area (TPSA) is 109 Å². The predicted molar refractivity (Wildman–Crippen MR) is 89.0 cm³/mol. The van der Waals surface area contributed by atoms with Crippen molar-refractivity contribution in [2.75, 3.05) is 13.1 Å². The lowest BCUT2D eigenvalue weighted by Crippen LogP contribution is -2.27. The van der Waals surface area contributed by atoms with Crippen molar-refractivity contribution >= 4 is 27.3 Å². The Balaban J connectivity index is 1.81. The second-order valence-electron chi connectivity index (χ2n) is 5.56. The molecule has 130 valence electrons. The average Bonchev–Trinajstić information content (AvgIpc) is 3.11. The number of aryl methyl sites for hydroxylation is 1. The molecule has 24 heavy (non-hydrogen) atoms. The SMILES string of the molecule is Cc1ccc(CCNS(=O)(=O)c2sc3c(c2C(=O)O)CCNC3)o1. The molecule has 2 aromatic heterocycles. The van der Waals surface area contributed by atoms with E-state index in [1.807, 2.05) is 13.0 Å². The van der Waals surface area contributed by atoms with Crippen molar-refractivity contribution in [3.63, 3.8) is 0 Å². The minimum absolute atomic E-state index is 0.0853. The average molecular weight is 370 g/mol. The third-order valence-electron chi connectivity index (χ3n) is 3.81. The molecule has 0 atom stereocenters. The van der Waals surface area contributed by atoms with Gasteiger partial charge in [-0.3, -0.25) is 0 Å². The lowest BCUT2D eigenvalue weighted by Gasteiger charge is -2.12. The van der Waals surface area contributed by atoms with E-state index in [1.54, 1.807) is 6.07 Å². The second kappa shape index (κ2) is 6.67. The summed E-state index contributed by atoms with van der Waals surface area (Å²) in [7, 11) is -3.88. The molecule has 1 aliphatic heterocycles. The lowest BCUT2D eigenvalue weighted by molar-refractivity contribution is 0.0692. The highest BCUT2D eigenvalue weighted by molar-refractivity contribution is 7.91. The van der Waals surface area contributed by atoms with Crippen LogP contribution >= 0.6 is 11.3 Å². The zero-order valence-corrected chi connectivity index (χ0v) is 14.7. The van der Waals surface area contributed by atoms with Crippen molar-refractivity contribution in [3.05, 3.63) is 39.7 Å². The third-order valence-corrected chi connectivity index (χ3v) is 7.02. The summed E-state index contributed by atoms with van der Waals surface area (Å²) in [6, 6.07) is 3.61. The minimum Gasteiger partial charge on any atom is -0.478 e. The van der Waals surface area contributed by atoms with E-state index < -0.39 is 16.0 Å². The number of hydrogen-bond acceptors (Lipinski definition) is 6. The van der Waals surface area contributed by atoms with E-state index in [4.69, 9.17) is 4.42 Å². The predicted octanol–water partition coefficient (Wildman–Crippen LogP) is 1.51. The number of thiophene rings is 1. The Morgan fingerprint density at radius 1 is 1.46 bits per heavy atom. The van der Waals surface area contributed by atoms with Crippen molar-refractivity contribution in [2.24, 2.45) is 0 Å². The van der Waals surface area contributed by atoms with Crippen LogP contribution < -0.4 is 10.0 Å². The molecule has 3 rings (SSSR count). The Morgan fingerprint density at radius 2 is 2.25 bits per heavy atom. The van der Waals surface area contributed by atoms with E-state index in [1.165, 1.54) is 0 Å². The molecule has 0 unspecified atom stereocenters. The van der Waals surface area contributed by atoms with Gasteiger partial charge in [-0.2, -0.15) is 0 Å². The Bertz CT molecular complexity index is 867. The fourth-order valence-corrected chi connectivity index (χ4v) is 5.65. The number of carboxylic acids is 1. The van der Waals surface area contributed by atoms with Crippen LogP contribution in [0, 0.1) is 6.92 Å². The summed E-state index contributed by atoms with van der Waals surface area (Å²) in [5, 5.41) is 12.6. The number of hydrogen-bond donors (Lipinski definition) is 3. The number of sulfonamides is 1. The highest BCUT2D eigenvalue weighted by Crippen LogP contribution is 2.34. The molecule has 1 aliphatic rings. The largest absolute Gasteiger partial charge is 0.478 e. The number of carboxylic acid groups (broad SMARTS) is 1. The summed E-state index contributed by atoms with van der Waals surface area (Å²) in [4.78, 5) is 12.4. The van der Waals surface area contributed by atoms with Crippen LogP contribution in [-0.2, 0) is 29.4 Å². The Kier molecular flexibility index (Phi) is 4.77. The standard InChI is InChI=1S/C15H18N2O5S2/c1-9-2-3-10(22-9)4-7-17-24(20,21)15-13(14(18)19)11-5-6-16-8-12(11)23-15/h2-3,16-17H,4-8H2,1H3,(H,18,19). The molecule has 0 aromatic carbocycles. The zero-order valence-electron chi connectivity index (χ0n) is 13.1. The Hall–Kier alpha value is -1.68. The lowest BCUT2D eigenvalue weighted by atomic mass is 10.1. The van der Waals surface area contributed by atoms with Crippen molar-refractivity contribution in [1.82, 2.24) is 10.0 Å². The molecular formula is C15H18N2O5S2. The highest BCUT2D eigenvalue weighted by Gasteiger charge is 2.31. The van der Waals surface area contributed by atoms with Crippen molar-refractivity contribution in [1.29, 1.82) is 0 Å². The molecular weight excluding hydrogens is 352 g/mol. The third kappa shape index (κ3) is 3.39. The van der Waals surface area contributed by atoms with Gasteiger partial charge in [0.25, 0.3) is 10.0 Å². The van der Waals surface area contributed by atoms with E-state index in [-0.39, 0.29) is 16.3 Å². The first-order chi connectivity index (χ1) is 11.4. The van der Waals surface area contributed by atoms with Gasteiger partial charge in [0.05, 0.1) is 5.56 Å². The first-order valence-corrected chi connectivity index (χ1v) is 9.82. The van der Waals surface area contributed by atoms with Gasteiger partial charge in [0.2, 0.25) is 0 Å². The van der Waals surface area contributed by atoms with Crippen LogP contribution in [-0.4, -0.2) is 32.6 Å². The van der Waals surface area contributed by atoms with Crippen LogP contribution in [0.3, 0.4) is 0 Å². The number of nitrogens with one attached hydrogen (secondary N) is 2. The summed E-state index contributed by atoms with van der Waals surface area (Å²) in [5.74, 6) is 0.249. The van der Waals surface area contributed by atoms with E-state index in [0.29, 0.717) is 37.3 Å². The fourth-order valence-electron chi connectivity index (χ4n) is 2.71. The van der Waals surface area contributed by atoms with Crippen LogP contribution in [0.25, 0.3) is 0 Å². The van der Waals surface area contributed by atoms with Crippen LogP contribution in [0.5, 0.6) is 0 Å². The summed E-state index contributed by atoms with van der Waals surface area (Å²) in [6.45, 7) is 3.11. The Labute approximate surface area is 143 Å². The van der Waals surface area contributed by atoms with Gasteiger partial charge in [-0.25, -0.2) is 17.9 Å². The summed E-state index contributed by atoms with van der Waals surface area (Å²) in [6.07, 6.45) is 0.927. The number of fused-ring (bicyclic) bond motifs is 1. The van der Waals surface area contributed by atoms with Crippen LogP contribution in [0.4, 0.5) is 0 Å². The van der Waals surface area contributed by atoms with Crippen LogP contribution in [0.15, 0.2) is 20.8 Å². The van der Waals surface area contributed by atoms with Gasteiger partial charge in [0.1, 0.15) is 15.7 Å². The van der Waals surface area contributed by atoms with Gasteiger partial charge < -0.3 is 14.8 Å². The molecule has 2 aromatic rings. The molecule has 0 saturated heterocycles. The van der Waals surface area contributed by atoms with E-state index in [0.717, 1.165) is 22.0 Å². The Morgan fingerprint density at radius 3 is 2.92 bits per heavy atom. The fraction of sp³-hybridized carbons (Fsp3) is 0.400. The molecule has 0 bridgehead atoms. The van der Waals surface area contributed by atoms with E-state index >= 15 is 0 Å². The first kappa shape index (κ1) is 17.2. The van der Waals surface area contributed by atoms with Gasteiger partial charge in [-0.15, -0.1) is 11.3 Å². The molecule has 3 heterocycles. The highest BCUT2D eigenvalue weighted by atomic mass is 32.2. The molecule has 0 radical (unpaired) electrons. The molecule has 9 heteroatoms. The maximum atomic E-state index is 12.6.